The number of nitrogens with zero attached hydrogens (tertiary/aromatic N) is 3. The van der Waals surface area contributed by atoms with Crippen LogP contribution < -0.4 is 0 Å². The lowest BCUT2D eigenvalue weighted by Gasteiger charge is -2.34. The molecule has 1 N–H and O–H groups in total. The number of aliphatic carboxylic acids is 1. The minimum Gasteiger partial charge on any atom is -0.481 e. The molecule has 1 aliphatic heterocycles. The highest BCUT2D eigenvalue weighted by Crippen LogP contribution is 2.14. The molecule has 1 amide bonds. The van der Waals surface area contributed by atoms with E-state index in [-0.39, 0.29) is 29.8 Å². The number of carboxylic acid groups (broad SMARTS) is 1. The summed E-state index contributed by atoms with van der Waals surface area (Å²) >= 11 is 5.60. The molecule has 19 heavy (non-hydrogen) atoms. The lowest BCUT2D eigenvalue weighted by molar-refractivity contribution is -0.139. The molecular formula is C11H12ClN3O4. The summed E-state index contributed by atoms with van der Waals surface area (Å²) in [6, 6.07) is 2.44. The van der Waals surface area contributed by atoms with Gasteiger partial charge in [0.1, 0.15) is 0 Å². The second kappa shape index (κ2) is 5.94. The van der Waals surface area contributed by atoms with Crippen molar-refractivity contribution in [2.24, 2.45) is 0 Å². The Hall–Kier alpha value is -1.73. The smallest absolute Gasteiger partial charge is 0.305 e. The molecule has 1 aromatic heterocycles. The molecular weight excluding hydrogens is 274 g/mol. The molecule has 1 fully saturated rings. The van der Waals surface area contributed by atoms with Gasteiger partial charge in [-0.25, -0.2) is 0 Å². The summed E-state index contributed by atoms with van der Waals surface area (Å²) in [5.74, 6) is -1.34. The summed E-state index contributed by atoms with van der Waals surface area (Å²) in [6.45, 7) is 0.920. The Morgan fingerprint density at radius 3 is 2.89 bits per heavy atom. The fourth-order valence-electron chi connectivity index (χ4n) is 1.87. The van der Waals surface area contributed by atoms with E-state index in [9.17, 15) is 9.59 Å². The monoisotopic (exact) mass is 285 g/mol. The predicted molar refractivity (Wildman–Crippen MR) is 64.9 cm³/mol. The van der Waals surface area contributed by atoms with E-state index in [0.29, 0.717) is 13.2 Å². The molecule has 0 spiro atoms. The van der Waals surface area contributed by atoms with Crippen LogP contribution in [0, 0.1) is 0 Å². The van der Waals surface area contributed by atoms with Gasteiger partial charge in [-0.2, -0.15) is 0 Å². The summed E-state index contributed by atoms with van der Waals surface area (Å²) < 4.78 is 5.20. The van der Waals surface area contributed by atoms with Crippen LogP contribution in [-0.2, 0) is 9.53 Å². The Bertz CT molecular complexity index is 479. The van der Waals surface area contributed by atoms with Gasteiger partial charge in [0.25, 0.3) is 5.91 Å². The van der Waals surface area contributed by atoms with E-state index >= 15 is 0 Å². The number of rotatable bonds is 3. The van der Waals surface area contributed by atoms with Gasteiger partial charge in [0.15, 0.2) is 10.8 Å². The molecule has 0 saturated carbocycles. The molecule has 1 aliphatic rings. The van der Waals surface area contributed by atoms with Crippen molar-refractivity contribution in [2.75, 3.05) is 19.8 Å². The maximum absolute atomic E-state index is 12.2. The molecule has 1 atom stereocenters. The fraction of sp³-hybridized carbons (Fsp3) is 0.455. The number of hydrogen-bond donors (Lipinski definition) is 1. The highest BCUT2D eigenvalue weighted by molar-refractivity contribution is 6.29. The van der Waals surface area contributed by atoms with Crippen molar-refractivity contribution in [3.8, 4) is 0 Å². The Balaban J connectivity index is 2.15. The highest BCUT2D eigenvalue weighted by atomic mass is 35.5. The van der Waals surface area contributed by atoms with Gasteiger partial charge in [-0.3, -0.25) is 9.59 Å². The summed E-state index contributed by atoms with van der Waals surface area (Å²) in [7, 11) is 0. The molecule has 2 rings (SSSR count). The number of amides is 1. The van der Waals surface area contributed by atoms with Gasteiger partial charge in [0, 0.05) is 6.54 Å². The predicted octanol–water partition coefficient (Wildman–Crippen LogP) is 0.446. The number of hydrogen-bond acceptors (Lipinski definition) is 5. The minimum absolute atomic E-state index is 0.140. The number of morpholine rings is 1. The first-order chi connectivity index (χ1) is 9.08. The lowest BCUT2D eigenvalue weighted by Crippen LogP contribution is -2.49. The molecule has 0 radical (unpaired) electrons. The summed E-state index contributed by atoms with van der Waals surface area (Å²) in [6.07, 6.45) is -0.160. The molecule has 0 aliphatic carbocycles. The number of carbonyl (C=O) groups excluding carboxylic acids is 1. The molecule has 1 saturated heterocycles. The van der Waals surface area contributed by atoms with E-state index in [1.165, 1.54) is 17.0 Å². The Morgan fingerprint density at radius 2 is 2.26 bits per heavy atom. The Kier molecular flexibility index (Phi) is 4.28. The molecule has 2 heterocycles. The quantitative estimate of drug-likeness (QED) is 0.866. The molecule has 1 aromatic rings. The number of carbonyl (C=O) groups is 2. The second-order valence-corrected chi connectivity index (χ2v) is 4.45. The third-order valence-electron chi connectivity index (χ3n) is 2.75. The van der Waals surface area contributed by atoms with Crippen LogP contribution in [0.1, 0.15) is 16.9 Å². The van der Waals surface area contributed by atoms with Crippen molar-refractivity contribution in [1.82, 2.24) is 15.1 Å². The summed E-state index contributed by atoms with van der Waals surface area (Å²) in [5.41, 5.74) is 0.140. The van der Waals surface area contributed by atoms with Crippen LogP contribution in [-0.4, -0.2) is 57.9 Å². The molecule has 1 unspecified atom stereocenters. The van der Waals surface area contributed by atoms with Crippen LogP contribution in [0.4, 0.5) is 0 Å². The Morgan fingerprint density at radius 1 is 1.47 bits per heavy atom. The van der Waals surface area contributed by atoms with Gasteiger partial charge in [-0.15, -0.1) is 10.2 Å². The zero-order valence-electron chi connectivity index (χ0n) is 9.95. The van der Waals surface area contributed by atoms with Gasteiger partial charge in [-0.05, 0) is 12.1 Å². The van der Waals surface area contributed by atoms with Crippen LogP contribution >= 0.6 is 11.6 Å². The van der Waals surface area contributed by atoms with E-state index in [4.69, 9.17) is 21.4 Å². The van der Waals surface area contributed by atoms with Gasteiger partial charge < -0.3 is 14.7 Å². The average molecular weight is 286 g/mol. The van der Waals surface area contributed by atoms with Gasteiger partial charge >= 0.3 is 5.97 Å². The normalized spacial score (nSPS) is 19.2. The van der Waals surface area contributed by atoms with Crippen molar-refractivity contribution in [3.05, 3.63) is 23.0 Å². The van der Waals surface area contributed by atoms with Crippen LogP contribution in [0.25, 0.3) is 0 Å². The van der Waals surface area contributed by atoms with Crippen LogP contribution in [0.15, 0.2) is 12.1 Å². The van der Waals surface area contributed by atoms with Crippen LogP contribution in [0.3, 0.4) is 0 Å². The highest BCUT2D eigenvalue weighted by Gasteiger charge is 2.30. The molecule has 102 valence electrons. The first-order valence-corrected chi connectivity index (χ1v) is 6.05. The third-order valence-corrected chi connectivity index (χ3v) is 2.95. The first kappa shape index (κ1) is 13.7. The van der Waals surface area contributed by atoms with Crippen molar-refractivity contribution in [3.63, 3.8) is 0 Å². The second-order valence-electron chi connectivity index (χ2n) is 4.07. The zero-order chi connectivity index (χ0) is 13.8. The first-order valence-electron chi connectivity index (χ1n) is 5.67. The third kappa shape index (κ3) is 3.39. The van der Waals surface area contributed by atoms with Gasteiger partial charge in [-0.1, -0.05) is 11.6 Å². The molecule has 0 aromatic carbocycles. The zero-order valence-corrected chi connectivity index (χ0v) is 10.7. The maximum Gasteiger partial charge on any atom is 0.305 e. The summed E-state index contributed by atoms with van der Waals surface area (Å²) in [5, 5.41) is 16.3. The topological polar surface area (TPSA) is 92.6 Å². The van der Waals surface area contributed by atoms with E-state index in [0.717, 1.165) is 0 Å². The minimum atomic E-state index is -0.976. The number of ether oxygens (including phenoxy) is 1. The van der Waals surface area contributed by atoms with E-state index in [1.54, 1.807) is 0 Å². The fourth-order valence-corrected chi connectivity index (χ4v) is 1.97. The number of carboxylic acids is 1. The number of halogens is 1. The van der Waals surface area contributed by atoms with Crippen molar-refractivity contribution >= 4 is 23.5 Å². The molecule has 0 bridgehead atoms. The van der Waals surface area contributed by atoms with Crippen molar-refractivity contribution < 1.29 is 19.4 Å². The average Bonchev–Trinajstić information content (AvgIpc) is 2.39. The standard InChI is InChI=1S/C11H12ClN3O4/c12-9-2-1-8(13-14-9)11(18)15-3-4-19-6-7(15)5-10(16)17/h1-2,7H,3-6H2,(H,16,17). The lowest BCUT2D eigenvalue weighted by atomic mass is 10.1. The van der Waals surface area contributed by atoms with E-state index < -0.39 is 12.0 Å². The SMILES string of the molecule is O=C(O)CC1COCCN1C(=O)c1ccc(Cl)nn1. The van der Waals surface area contributed by atoms with Crippen molar-refractivity contribution in [2.45, 2.75) is 12.5 Å². The van der Waals surface area contributed by atoms with Gasteiger partial charge in [0.2, 0.25) is 0 Å². The number of aromatic nitrogens is 2. The Labute approximate surface area is 114 Å². The van der Waals surface area contributed by atoms with Crippen molar-refractivity contribution in [1.29, 1.82) is 0 Å². The van der Waals surface area contributed by atoms with Crippen LogP contribution in [0.5, 0.6) is 0 Å². The summed E-state index contributed by atoms with van der Waals surface area (Å²) in [4.78, 5) is 24.5. The largest absolute Gasteiger partial charge is 0.481 e. The van der Waals surface area contributed by atoms with Gasteiger partial charge in [0.05, 0.1) is 25.7 Å². The van der Waals surface area contributed by atoms with E-state index in [1.807, 2.05) is 0 Å². The maximum atomic E-state index is 12.2. The van der Waals surface area contributed by atoms with E-state index in [2.05, 4.69) is 10.2 Å². The van der Waals surface area contributed by atoms with Crippen LogP contribution in [0.2, 0.25) is 5.15 Å². The molecule has 8 heteroatoms. The molecule has 7 nitrogen and oxygen atoms in total.